The van der Waals surface area contributed by atoms with Crippen LogP contribution in [-0.4, -0.2) is 29.0 Å². The monoisotopic (exact) mass is 298 g/mol. The molecule has 3 nitrogen and oxygen atoms in total. The number of amides is 1. The van der Waals surface area contributed by atoms with Gasteiger partial charge >= 0.3 is 0 Å². The Morgan fingerprint density at radius 3 is 2.55 bits per heavy atom. The average Bonchev–Trinajstić information content (AvgIpc) is 2.73. The summed E-state index contributed by atoms with van der Waals surface area (Å²) in [7, 11) is 1.88. The maximum Gasteiger partial charge on any atom is 0.270 e. The summed E-state index contributed by atoms with van der Waals surface area (Å²) in [5.74, 6) is 0.111. The van der Waals surface area contributed by atoms with Crippen LogP contribution >= 0.6 is 0 Å². The van der Waals surface area contributed by atoms with Crippen LogP contribution in [0.4, 0.5) is 0 Å². The van der Waals surface area contributed by atoms with Crippen molar-refractivity contribution >= 4 is 5.91 Å². The molecular weight excluding hydrogens is 272 g/mol. The molecule has 1 amide bonds. The molecule has 0 radical (unpaired) electrons. The molecule has 0 saturated heterocycles. The van der Waals surface area contributed by atoms with Crippen LogP contribution in [0.1, 0.15) is 46.2 Å². The van der Waals surface area contributed by atoms with E-state index in [1.165, 1.54) is 11.1 Å². The second-order valence-electron chi connectivity index (χ2n) is 6.12. The van der Waals surface area contributed by atoms with Crippen molar-refractivity contribution in [2.75, 3.05) is 13.6 Å². The van der Waals surface area contributed by atoms with E-state index in [2.05, 4.69) is 55.7 Å². The summed E-state index contributed by atoms with van der Waals surface area (Å²) < 4.78 is 2.14. The highest BCUT2D eigenvalue weighted by Gasteiger charge is 2.20. The van der Waals surface area contributed by atoms with Crippen molar-refractivity contribution in [2.45, 2.75) is 40.7 Å². The van der Waals surface area contributed by atoms with Gasteiger partial charge in [-0.1, -0.05) is 36.8 Å². The summed E-state index contributed by atoms with van der Waals surface area (Å²) in [4.78, 5) is 14.6. The molecule has 0 aliphatic heterocycles. The summed E-state index contributed by atoms with van der Waals surface area (Å²) >= 11 is 0. The fraction of sp³-hybridized carbons (Fsp3) is 0.421. The Bertz CT molecular complexity index is 670. The maximum absolute atomic E-state index is 12.8. The standard InChI is InChI=1S/C19H26N2O/c1-6-10-20(5)19(22)18-15(3)12-16(4)21(18)13-17-9-7-8-14(2)11-17/h7-9,11-12H,6,10,13H2,1-5H3. The Morgan fingerprint density at radius 1 is 1.18 bits per heavy atom. The first-order valence-corrected chi connectivity index (χ1v) is 7.91. The van der Waals surface area contributed by atoms with Crippen LogP contribution in [-0.2, 0) is 6.54 Å². The SMILES string of the molecule is CCCN(C)C(=O)c1c(C)cc(C)n1Cc1cccc(C)c1. The molecule has 3 heteroatoms. The van der Waals surface area contributed by atoms with Crippen molar-refractivity contribution in [2.24, 2.45) is 0 Å². The van der Waals surface area contributed by atoms with E-state index in [0.717, 1.165) is 36.5 Å². The smallest absolute Gasteiger partial charge is 0.270 e. The van der Waals surface area contributed by atoms with Gasteiger partial charge in [-0.15, -0.1) is 0 Å². The van der Waals surface area contributed by atoms with E-state index in [1.54, 1.807) is 0 Å². The van der Waals surface area contributed by atoms with Crippen LogP contribution in [0.15, 0.2) is 30.3 Å². The van der Waals surface area contributed by atoms with Gasteiger partial charge in [-0.05, 0) is 44.4 Å². The number of benzene rings is 1. The van der Waals surface area contributed by atoms with Gasteiger partial charge in [0.15, 0.2) is 0 Å². The fourth-order valence-electron chi connectivity index (χ4n) is 2.95. The third-order valence-corrected chi connectivity index (χ3v) is 4.03. The Labute approximate surface area is 133 Å². The minimum atomic E-state index is 0.111. The van der Waals surface area contributed by atoms with Crippen molar-refractivity contribution in [3.8, 4) is 0 Å². The molecule has 2 aromatic rings. The van der Waals surface area contributed by atoms with E-state index in [-0.39, 0.29) is 5.91 Å². The van der Waals surface area contributed by atoms with Gasteiger partial charge in [0, 0.05) is 25.8 Å². The quantitative estimate of drug-likeness (QED) is 0.820. The molecule has 1 heterocycles. The first-order valence-electron chi connectivity index (χ1n) is 7.91. The third kappa shape index (κ3) is 3.41. The Kier molecular flexibility index (Phi) is 5.07. The Hall–Kier alpha value is -2.03. The third-order valence-electron chi connectivity index (χ3n) is 4.03. The number of hydrogen-bond donors (Lipinski definition) is 0. The molecule has 0 spiro atoms. The highest BCUT2D eigenvalue weighted by Crippen LogP contribution is 2.19. The van der Waals surface area contributed by atoms with Crippen LogP contribution < -0.4 is 0 Å². The van der Waals surface area contributed by atoms with Crippen molar-refractivity contribution in [3.05, 3.63) is 58.4 Å². The topological polar surface area (TPSA) is 25.2 Å². The molecular formula is C19H26N2O. The minimum Gasteiger partial charge on any atom is -0.340 e. The molecule has 0 aliphatic carbocycles. The zero-order valence-electron chi connectivity index (χ0n) is 14.3. The molecule has 118 valence electrons. The zero-order valence-corrected chi connectivity index (χ0v) is 14.3. The normalized spacial score (nSPS) is 10.8. The van der Waals surface area contributed by atoms with Gasteiger partial charge in [-0.2, -0.15) is 0 Å². The van der Waals surface area contributed by atoms with Crippen molar-refractivity contribution in [1.82, 2.24) is 9.47 Å². The van der Waals surface area contributed by atoms with Gasteiger partial charge in [0.2, 0.25) is 0 Å². The largest absolute Gasteiger partial charge is 0.340 e. The summed E-state index contributed by atoms with van der Waals surface area (Å²) in [6, 6.07) is 10.6. The van der Waals surface area contributed by atoms with E-state index >= 15 is 0 Å². The van der Waals surface area contributed by atoms with Gasteiger partial charge in [0.05, 0.1) is 0 Å². The van der Waals surface area contributed by atoms with Crippen LogP contribution in [0.2, 0.25) is 0 Å². The molecule has 0 saturated carbocycles. The molecule has 0 bridgehead atoms. The van der Waals surface area contributed by atoms with Gasteiger partial charge in [-0.25, -0.2) is 0 Å². The predicted octanol–water partition coefficient (Wildman–Crippen LogP) is 3.94. The lowest BCUT2D eigenvalue weighted by atomic mass is 10.1. The molecule has 0 unspecified atom stereocenters. The van der Waals surface area contributed by atoms with E-state index in [9.17, 15) is 4.79 Å². The molecule has 0 atom stereocenters. The highest BCUT2D eigenvalue weighted by molar-refractivity contribution is 5.94. The zero-order chi connectivity index (χ0) is 16.3. The second kappa shape index (κ2) is 6.82. The van der Waals surface area contributed by atoms with Crippen LogP contribution in [0.3, 0.4) is 0 Å². The van der Waals surface area contributed by atoms with E-state index < -0.39 is 0 Å². The molecule has 2 rings (SSSR count). The van der Waals surface area contributed by atoms with Crippen LogP contribution in [0.25, 0.3) is 0 Å². The maximum atomic E-state index is 12.8. The number of nitrogens with zero attached hydrogens (tertiary/aromatic N) is 2. The molecule has 0 N–H and O–H groups in total. The lowest BCUT2D eigenvalue weighted by molar-refractivity contribution is 0.0784. The average molecular weight is 298 g/mol. The van der Waals surface area contributed by atoms with Gasteiger partial charge in [-0.3, -0.25) is 4.79 Å². The number of carbonyl (C=O) groups excluding carboxylic acids is 1. The predicted molar refractivity (Wildman–Crippen MR) is 91.4 cm³/mol. The minimum absolute atomic E-state index is 0.111. The summed E-state index contributed by atoms with van der Waals surface area (Å²) in [5, 5.41) is 0. The molecule has 1 aromatic carbocycles. The Balaban J connectivity index is 2.37. The first-order chi connectivity index (χ1) is 10.4. The molecule has 1 aromatic heterocycles. The molecule has 0 aliphatic rings. The van der Waals surface area contributed by atoms with E-state index in [0.29, 0.717) is 0 Å². The number of aryl methyl sites for hydroxylation is 3. The second-order valence-corrected chi connectivity index (χ2v) is 6.12. The van der Waals surface area contributed by atoms with Gasteiger partial charge < -0.3 is 9.47 Å². The lowest BCUT2D eigenvalue weighted by Crippen LogP contribution is -2.30. The van der Waals surface area contributed by atoms with Crippen molar-refractivity contribution < 1.29 is 4.79 Å². The highest BCUT2D eigenvalue weighted by atomic mass is 16.2. The van der Waals surface area contributed by atoms with Crippen molar-refractivity contribution in [3.63, 3.8) is 0 Å². The fourth-order valence-corrected chi connectivity index (χ4v) is 2.95. The summed E-state index contributed by atoms with van der Waals surface area (Å²) in [5.41, 5.74) is 5.47. The number of hydrogen-bond acceptors (Lipinski definition) is 1. The number of carbonyl (C=O) groups is 1. The molecule has 0 fully saturated rings. The lowest BCUT2D eigenvalue weighted by Gasteiger charge is -2.19. The Morgan fingerprint density at radius 2 is 1.91 bits per heavy atom. The molecule has 22 heavy (non-hydrogen) atoms. The van der Waals surface area contributed by atoms with Gasteiger partial charge in [0.1, 0.15) is 5.69 Å². The van der Waals surface area contributed by atoms with Crippen LogP contribution in [0, 0.1) is 20.8 Å². The van der Waals surface area contributed by atoms with E-state index in [4.69, 9.17) is 0 Å². The van der Waals surface area contributed by atoms with Crippen LogP contribution in [0.5, 0.6) is 0 Å². The number of aromatic nitrogens is 1. The number of rotatable bonds is 5. The summed E-state index contributed by atoms with van der Waals surface area (Å²) in [6.45, 7) is 9.80. The summed E-state index contributed by atoms with van der Waals surface area (Å²) in [6.07, 6.45) is 0.971. The van der Waals surface area contributed by atoms with Crippen molar-refractivity contribution in [1.29, 1.82) is 0 Å². The first kappa shape index (κ1) is 16.3. The van der Waals surface area contributed by atoms with E-state index in [1.807, 2.05) is 18.9 Å². The van der Waals surface area contributed by atoms with Gasteiger partial charge in [0.25, 0.3) is 5.91 Å².